The highest BCUT2D eigenvalue weighted by Crippen LogP contribution is 2.32. The van der Waals surface area contributed by atoms with Crippen LogP contribution in [-0.4, -0.2) is 52.2 Å². The van der Waals surface area contributed by atoms with E-state index in [4.69, 9.17) is 16.3 Å². The van der Waals surface area contributed by atoms with Crippen LogP contribution in [0.25, 0.3) is 10.9 Å². The maximum absolute atomic E-state index is 14.5. The van der Waals surface area contributed by atoms with Crippen LogP contribution in [0, 0.1) is 5.82 Å². The fourth-order valence-corrected chi connectivity index (χ4v) is 3.56. The monoisotopic (exact) mass is 458 g/mol. The lowest BCUT2D eigenvalue weighted by atomic mass is 10.1. The highest BCUT2D eigenvalue weighted by atomic mass is 79.9. The molecule has 1 saturated heterocycles. The van der Waals surface area contributed by atoms with Crippen molar-refractivity contribution in [2.45, 2.75) is 39.3 Å². The molecule has 2 heterocycles. The second-order valence-electron chi connectivity index (χ2n) is 7.54. The van der Waals surface area contributed by atoms with Gasteiger partial charge in [-0.15, -0.1) is 0 Å². The third-order valence-electron chi connectivity index (χ3n) is 4.26. The van der Waals surface area contributed by atoms with Gasteiger partial charge in [0.15, 0.2) is 5.82 Å². The number of carbonyl (C=O) groups is 1. The minimum absolute atomic E-state index is 0.0173. The molecule has 0 bridgehead atoms. The minimum Gasteiger partial charge on any atom is -0.444 e. The molecule has 2 aromatic rings. The first kappa shape index (κ1) is 20.1. The summed E-state index contributed by atoms with van der Waals surface area (Å²) < 4.78 is 20.2. The molecule has 146 valence electrons. The van der Waals surface area contributed by atoms with Crippen molar-refractivity contribution in [2.75, 3.05) is 24.5 Å². The number of hydrogen-bond donors (Lipinski definition) is 0. The van der Waals surface area contributed by atoms with Crippen LogP contribution in [-0.2, 0) is 4.74 Å². The summed E-state index contributed by atoms with van der Waals surface area (Å²) in [6, 6.07) is 3.34. The van der Waals surface area contributed by atoms with E-state index >= 15 is 0 Å². The fourth-order valence-electron chi connectivity index (χ4n) is 3.08. The van der Waals surface area contributed by atoms with Crippen molar-refractivity contribution in [1.29, 1.82) is 0 Å². The van der Waals surface area contributed by atoms with Crippen LogP contribution in [0.15, 0.2) is 16.6 Å². The van der Waals surface area contributed by atoms with Crippen molar-refractivity contribution in [2.24, 2.45) is 0 Å². The number of anilines is 1. The van der Waals surface area contributed by atoms with Crippen molar-refractivity contribution in [3.05, 3.63) is 27.7 Å². The number of fused-ring (bicyclic) bond motifs is 1. The van der Waals surface area contributed by atoms with E-state index in [9.17, 15) is 9.18 Å². The first-order chi connectivity index (χ1) is 12.6. The third-order valence-corrected chi connectivity index (χ3v) is 5.04. The largest absolute Gasteiger partial charge is 0.444 e. The van der Waals surface area contributed by atoms with Crippen molar-refractivity contribution >= 4 is 50.3 Å². The Morgan fingerprint density at radius 3 is 2.67 bits per heavy atom. The fraction of sp³-hybridized carbons (Fsp3) is 0.500. The van der Waals surface area contributed by atoms with Gasteiger partial charge < -0.3 is 14.5 Å². The Morgan fingerprint density at radius 2 is 2.04 bits per heavy atom. The summed E-state index contributed by atoms with van der Waals surface area (Å²) in [5.41, 5.74) is -0.375. The smallest absolute Gasteiger partial charge is 0.410 e. The van der Waals surface area contributed by atoms with E-state index < -0.39 is 11.4 Å². The van der Waals surface area contributed by atoms with Gasteiger partial charge in [0.05, 0.1) is 4.47 Å². The number of halogens is 3. The van der Waals surface area contributed by atoms with Gasteiger partial charge in [-0.25, -0.2) is 14.2 Å². The van der Waals surface area contributed by atoms with Gasteiger partial charge in [0.25, 0.3) is 0 Å². The van der Waals surface area contributed by atoms with Gasteiger partial charge in [0.1, 0.15) is 16.9 Å². The first-order valence-electron chi connectivity index (χ1n) is 8.62. The molecule has 0 spiro atoms. The molecule has 1 amide bonds. The minimum atomic E-state index is -0.543. The van der Waals surface area contributed by atoms with Crippen LogP contribution in [0.3, 0.4) is 0 Å². The van der Waals surface area contributed by atoms with E-state index in [0.29, 0.717) is 35.3 Å². The van der Waals surface area contributed by atoms with E-state index in [1.54, 1.807) is 17.0 Å². The average Bonchev–Trinajstić information content (AvgIpc) is 2.56. The summed E-state index contributed by atoms with van der Waals surface area (Å²) in [5, 5.41) is 0.564. The van der Waals surface area contributed by atoms with Crippen molar-refractivity contribution < 1.29 is 13.9 Å². The molecule has 1 fully saturated rings. The van der Waals surface area contributed by atoms with Gasteiger partial charge >= 0.3 is 6.09 Å². The van der Waals surface area contributed by atoms with E-state index in [0.717, 1.165) is 0 Å². The molecule has 0 saturated carbocycles. The zero-order valence-corrected chi connectivity index (χ0v) is 17.9. The zero-order valence-electron chi connectivity index (χ0n) is 15.6. The van der Waals surface area contributed by atoms with E-state index in [1.165, 1.54) is 0 Å². The molecule has 1 aliphatic rings. The van der Waals surface area contributed by atoms with Gasteiger partial charge in [0.2, 0.25) is 5.28 Å². The topological polar surface area (TPSA) is 58.6 Å². The van der Waals surface area contributed by atoms with Gasteiger partial charge in [-0.2, -0.15) is 4.98 Å². The summed E-state index contributed by atoms with van der Waals surface area (Å²) in [4.78, 5) is 24.4. The standard InChI is InChI=1S/C18H21BrClFN4O2/c1-10-9-24(17(26)27-18(2,3)4)7-8-25(10)15-11-5-6-12(19)13(21)14(11)22-16(20)23-15/h5-6,10H,7-9H2,1-4H3/t10-/m0/s1. The normalized spacial score (nSPS) is 18.1. The van der Waals surface area contributed by atoms with Crippen LogP contribution in [0.5, 0.6) is 0 Å². The number of ether oxygens (including phenoxy) is 1. The molecule has 1 atom stereocenters. The van der Waals surface area contributed by atoms with Crippen LogP contribution in [0.1, 0.15) is 27.7 Å². The molecule has 0 unspecified atom stereocenters. The lowest BCUT2D eigenvalue weighted by molar-refractivity contribution is 0.0218. The Balaban J connectivity index is 1.89. The SMILES string of the molecule is C[C@H]1CN(C(=O)OC(C)(C)C)CCN1c1nc(Cl)nc2c(F)c(Br)ccc12. The predicted octanol–water partition coefficient (Wildman–Crippen LogP) is 4.63. The molecular formula is C18H21BrClFN4O2. The van der Waals surface area contributed by atoms with Crippen LogP contribution in [0.2, 0.25) is 5.28 Å². The van der Waals surface area contributed by atoms with Crippen molar-refractivity contribution in [3.63, 3.8) is 0 Å². The Morgan fingerprint density at radius 1 is 1.33 bits per heavy atom. The maximum atomic E-state index is 14.5. The number of rotatable bonds is 1. The summed E-state index contributed by atoms with van der Waals surface area (Å²) >= 11 is 9.22. The quantitative estimate of drug-likeness (QED) is 0.582. The molecule has 6 nitrogen and oxygen atoms in total. The van der Waals surface area contributed by atoms with Crippen molar-refractivity contribution in [3.8, 4) is 0 Å². The second kappa shape index (κ2) is 7.39. The Hall–Kier alpha value is -1.67. The molecule has 0 radical (unpaired) electrons. The highest BCUT2D eigenvalue weighted by molar-refractivity contribution is 9.10. The maximum Gasteiger partial charge on any atom is 0.410 e. The lowest BCUT2D eigenvalue weighted by Gasteiger charge is -2.41. The molecule has 0 N–H and O–H groups in total. The first-order valence-corrected chi connectivity index (χ1v) is 9.80. The molecule has 9 heteroatoms. The number of aromatic nitrogens is 2. The number of nitrogens with zero attached hydrogens (tertiary/aromatic N) is 4. The Bertz CT molecular complexity index is 890. The zero-order chi connectivity index (χ0) is 19.9. The molecular weight excluding hydrogens is 439 g/mol. The van der Waals surface area contributed by atoms with E-state index in [2.05, 4.69) is 25.9 Å². The molecule has 1 aromatic carbocycles. The summed E-state index contributed by atoms with van der Waals surface area (Å²) in [6.07, 6.45) is -0.338. The molecule has 1 aliphatic heterocycles. The van der Waals surface area contributed by atoms with Crippen LogP contribution in [0.4, 0.5) is 15.0 Å². The summed E-state index contributed by atoms with van der Waals surface area (Å²) in [7, 11) is 0. The Kier molecular flexibility index (Phi) is 5.49. The predicted molar refractivity (Wildman–Crippen MR) is 107 cm³/mol. The molecule has 27 heavy (non-hydrogen) atoms. The van der Waals surface area contributed by atoms with Crippen LogP contribution < -0.4 is 4.90 Å². The van der Waals surface area contributed by atoms with Gasteiger partial charge in [0, 0.05) is 31.1 Å². The lowest BCUT2D eigenvalue weighted by Crippen LogP contribution is -2.54. The Labute approximate surface area is 170 Å². The third kappa shape index (κ3) is 4.27. The van der Waals surface area contributed by atoms with Crippen molar-refractivity contribution in [1.82, 2.24) is 14.9 Å². The molecule has 0 aliphatic carbocycles. The number of benzene rings is 1. The second-order valence-corrected chi connectivity index (χ2v) is 8.73. The van der Waals surface area contributed by atoms with E-state index in [1.807, 2.05) is 32.6 Å². The van der Waals surface area contributed by atoms with Gasteiger partial charge in [-0.3, -0.25) is 0 Å². The number of hydrogen-bond acceptors (Lipinski definition) is 5. The number of piperazine rings is 1. The molecule has 1 aromatic heterocycles. The summed E-state index contributed by atoms with van der Waals surface area (Å²) in [6.45, 7) is 8.97. The number of amides is 1. The number of carbonyl (C=O) groups excluding carboxylic acids is 1. The molecule has 3 rings (SSSR count). The average molecular weight is 460 g/mol. The van der Waals surface area contributed by atoms with Crippen LogP contribution >= 0.6 is 27.5 Å². The van der Waals surface area contributed by atoms with E-state index in [-0.39, 0.29) is 22.9 Å². The van der Waals surface area contributed by atoms with Gasteiger partial charge in [-0.1, -0.05) is 0 Å². The highest BCUT2D eigenvalue weighted by Gasteiger charge is 2.31. The summed E-state index contributed by atoms with van der Waals surface area (Å²) in [5.74, 6) is 0.0887. The van der Waals surface area contributed by atoms with Gasteiger partial charge in [-0.05, 0) is 67.4 Å².